The minimum Gasteiger partial charge on any atom is -0.454 e. The first-order chi connectivity index (χ1) is 15.1. The SMILES string of the molecule is Cc1ccc(C)c(S(=O)(=O)Nc2ccccc2C(=O)OCc2nc(N)nc(N(C)C)n2)c1. The molecule has 0 aliphatic rings. The van der Waals surface area contributed by atoms with Gasteiger partial charge in [-0.15, -0.1) is 0 Å². The Hall–Kier alpha value is -3.73. The summed E-state index contributed by atoms with van der Waals surface area (Å²) in [5, 5.41) is 0. The lowest BCUT2D eigenvalue weighted by Crippen LogP contribution is -2.18. The number of benzene rings is 2. The van der Waals surface area contributed by atoms with Gasteiger partial charge in [0.15, 0.2) is 12.4 Å². The van der Waals surface area contributed by atoms with Crippen molar-refractivity contribution < 1.29 is 17.9 Å². The van der Waals surface area contributed by atoms with Gasteiger partial charge in [0.05, 0.1) is 16.1 Å². The van der Waals surface area contributed by atoms with Crippen molar-refractivity contribution in [2.75, 3.05) is 29.5 Å². The molecule has 0 fully saturated rings. The van der Waals surface area contributed by atoms with E-state index in [1.165, 1.54) is 12.1 Å². The molecule has 0 radical (unpaired) electrons. The second-order valence-electron chi connectivity index (χ2n) is 7.30. The zero-order chi connectivity index (χ0) is 23.5. The second kappa shape index (κ2) is 9.18. The van der Waals surface area contributed by atoms with Crippen LogP contribution in [0.25, 0.3) is 0 Å². The Morgan fingerprint density at radius 3 is 2.53 bits per heavy atom. The maximum atomic E-state index is 13.0. The zero-order valence-electron chi connectivity index (χ0n) is 18.2. The molecule has 3 rings (SSSR count). The molecule has 0 saturated heterocycles. The van der Waals surface area contributed by atoms with E-state index in [0.29, 0.717) is 11.5 Å². The monoisotopic (exact) mass is 456 g/mol. The normalized spacial score (nSPS) is 11.1. The molecule has 11 heteroatoms. The number of nitrogens with one attached hydrogen (secondary N) is 1. The van der Waals surface area contributed by atoms with E-state index in [1.807, 2.05) is 6.07 Å². The lowest BCUT2D eigenvalue weighted by atomic mass is 10.2. The predicted octanol–water partition coefficient (Wildman–Crippen LogP) is 2.29. The van der Waals surface area contributed by atoms with Crippen molar-refractivity contribution in [1.29, 1.82) is 0 Å². The van der Waals surface area contributed by atoms with Crippen molar-refractivity contribution >= 4 is 33.6 Å². The molecular weight excluding hydrogens is 432 g/mol. The van der Waals surface area contributed by atoms with Gasteiger partial charge in [-0.05, 0) is 43.2 Å². The van der Waals surface area contributed by atoms with Crippen LogP contribution in [0.1, 0.15) is 27.3 Å². The van der Waals surface area contributed by atoms with E-state index in [9.17, 15) is 13.2 Å². The number of carbonyl (C=O) groups excluding carboxylic acids is 1. The average Bonchev–Trinajstić information content (AvgIpc) is 2.73. The maximum absolute atomic E-state index is 13.0. The largest absolute Gasteiger partial charge is 0.454 e. The van der Waals surface area contributed by atoms with Gasteiger partial charge in [-0.3, -0.25) is 4.72 Å². The molecule has 1 heterocycles. The maximum Gasteiger partial charge on any atom is 0.340 e. The van der Waals surface area contributed by atoms with Crippen LogP contribution in [-0.2, 0) is 21.4 Å². The number of ether oxygens (including phenoxy) is 1. The van der Waals surface area contributed by atoms with Crippen LogP contribution >= 0.6 is 0 Å². The van der Waals surface area contributed by atoms with Gasteiger partial charge < -0.3 is 15.4 Å². The molecule has 0 amide bonds. The molecule has 168 valence electrons. The molecule has 0 spiro atoms. The van der Waals surface area contributed by atoms with Gasteiger partial charge in [-0.1, -0.05) is 24.3 Å². The van der Waals surface area contributed by atoms with E-state index in [2.05, 4.69) is 19.7 Å². The smallest absolute Gasteiger partial charge is 0.340 e. The Labute approximate surface area is 186 Å². The van der Waals surface area contributed by atoms with Crippen molar-refractivity contribution in [1.82, 2.24) is 15.0 Å². The number of aromatic nitrogens is 3. The standard InChI is InChI=1S/C21H24N6O4S/c1-13-9-10-14(2)17(11-13)32(29,30)26-16-8-6-5-7-15(16)19(28)31-12-18-23-20(22)25-21(24-18)27(3)4/h5-11,26H,12H2,1-4H3,(H2,22,23,24,25). The number of nitrogen functional groups attached to an aromatic ring is 1. The summed E-state index contributed by atoms with van der Waals surface area (Å²) in [6, 6.07) is 11.3. The van der Waals surface area contributed by atoms with Gasteiger partial charge in [0, 0.05) is 14.1 Å². The van der Waals surface area contributed by atoms with Crippen LogP contribution in [0.2, 0.25) is 0 Å². The number of esters is 1. The summed E-state index contributed by atoms with van der Waals surface area (Å²) in [6.07, 6.45) is 0. The number of rotatable bonds is 7. The van der Waals surface area contributed by atoms with Gasteiger partial charge >= 0.3 is 5.97 Å². The fourth-order valence-electron chi connectivity index (χ4n) is 2.84. The van der Waals surface area contributed by atoms with Crippen LogP contribution in [0.4, 0.5) is 17.6 Å². The fraction of sp³-hybridized carbons (Fsp3) is 0.238. The molecule has 1 aromatic heterocycles. The summed E-state index contributed by atoms with van der Waals surface area (Å²) in [5.41, 5.74) is 7.23. The number of sulfonamides is 1. The van der Waals surface area contributed by atoms with Crippen LogP contribution in [0.3, 0.4) is 0 Å². The van der Waals surface area contributed by atoms with Gasteiger partial charge in [-0.25, -0.2) is 13.2 Å². The molecule has 2 aromatic carbocycles. The van der Waals surface area contributed by atoms with Gasteiger partial charge in [0.2, 0.25) is 11.9 Å². The topological polar surface area (TPSA) is 140 Å². The molecule has 0 aliphatic carbocycles. The Bertz CT molecular complexity index is 1260. The number of hydrogen-bond donors (Lipinski definition) is 2. The Kier molecular flexibility index (Phi) is 6.58. The van der Waals surface area contributed by atoms with Crippen molar-refractivity contribution in [2.45, 2.75) is 25.3 Å². The van der Waals surface area contributed by atoms with E-state index < -0.39 is 16.0 Å². The minimum absolute atomic E-state index is 0.00330. The van der Waals surface area contributed by atoms with Crippen molar-refractivity contribution in [2.24, 2.45) is 0 Å². The van der Waals surface area contributed by atoms with E-state index >= 15 is 0 Å². The highest BCUT2D eigenvalue weighted by atomic mass is 32.2. The first-order valence-electron chi connectivity index (χ1n) is 9.61. The Morgan fingerprint density at radius 2 is 1.81 bits per heavy atom. The minimum atomic E-state index is -3.92. The lowest BCUT2D eigenvalue weighted by molar-refractivity contribution is 0.0463. The number of nitrogens with zero attached hydrogens (tertiary/aromatic N) is 4. The Balaban J connectivity index is 1.82. The zero-order valence-corrected chi connectivity index (χ0v) is 19.0. The third-order valence-corrected chi connectivity index (χ3v) is 5.95. The summed E-state index contributed by atoms with van der Waals surface area (Å²) in [7, 11) is -0.445. The van der Waals surface area contributed by atoms with E-state index in [-0.39, 0.29) is 34.5 Å². The van der Waals surface area contributed by atoms with Gasteiger partial charge in [-0.2, -0.15) is 15.0 Å². The summed E-state index contributed by atoms with van der Waals surface area (Å²) < 4.78 is 33.7. The van der Waals surface area contributed by atoms with Crippen LogP contribution in [0.15, 0.2) is 47.4 Å². The molecular formula is C21H24N6O4S. The molecule has 0 saturated carbocycles. The molecule has 3 aromatic rings. The number of nitrogens with two attached hydrogens (primary N) is 1. The summed E-state index contributed by atoms with van der Waals surface area (Å²) in [6.45, 7) is 3.25. The molecule has 0 aliphatic heterocycles. The highest BCUT2D eigenvalue weighted by Crippen LogP contribution is 2.24. The van der Waals surface area contributed by atoms with Crippen molar-refractivity contribution in [3.8, 4) is 0 Å². The number of anilines is 3. The van der Waals surface area contributed by atoms with E-state index in [0.717, 1.165) is 5.56 Å². The Morgan fingerprint density at radius 1 is 1.09 bits per heavy atom. The highest BCUT2D eigenvalue weighted by Gasteiger charge is 2.21. The summed E-state index contributed by atoms with van der Waals surface area (Å²) in [4.78, 5) is 26.6. The first-order valence-corrected chi connectivity index (χ1v) is 11.1. The van der Waals surface area contributed by atoms with Gasteiger partial charge in [0.25, 0.3) is 10.0 Å². The van der Waals surface area contributed by atoms with Crippen LogP contribution in [0, 0.1) is 13.8 Å². The fourth-order valence-corrected chi connectivity index (χ4v) is 4.25. The van der Waals surface area contributed by atoms with Crippen LogP contribution in [0.5, 0.6) is 0 Å². The first kappa shape index (κ1) is 22.9. The third-order valence-electron chi connectivity index (χ3n) is 4.44. The van der Waals surface area contributed by atoms with Crippen molar-refractivity contribution in [3.63, 3.8) is 0 Å². The molecule has 3 N–H and O–H groups in total. The van der Waals surface area contributed by atoms with Gasteiger partial charge in [0.1, 0.15) is 0 Å². The summed E-state index contributed by atoms with van der Waals surface area (Å²) >= 11 is 0. The molecule has 0 atom stereocenters. The number of aryl methyl sites for hydroxylation is 2. The number of hydrogen-bond acceptors (Lipinski definition) is 9. The number of para-hydroxylation sites is 1. The van der Waals surface area contributed by atoms with Crippen LogP contribution in [-0.4, -0.2) is 43.4 Å². The van der Waals surface area contributed by atoms with Crippen LogP contribution < -0.4 is 15.4 Å². The highest BCUT2D eigenvalue weighted by molar-refractivity contribution is 7.92. The average molecular weight is 457 g/mol. The number of carbonyl (C=O) groups is 1. The van der Waals surface area contributed by atoms with E-state index in [1.54, 1.807) is 57.1 Å². The lowest BCUT2D eigenvalue weighted by Gasteiger charge is -2.14. The van der Waals surface area contributed by atoms with E-state index in [4.69, 9.17) is 10.5 Å². The molecule has 10 nitrogen and oxygen atoms in total. The third kappa shape index (κ3) is 5.30. The molecule has 32 heavy (non-hydrogen) atoms. The molecule has 0 unspecified atom stereocenters. The second-order valence-corrected chi connectivity index (χ2v) is 8.95. The predicted molar refractivity (Wildman–Crippen MR) is 121 cm³/mol. The molecule has 0 bridgehead atoms. The summed E-state index contributed by atoms with van der Waals surface area (Å²) in [5.74, 6) is -0.251. The van der Waals surface area contributed by atoms with Crippen molar-refractivity contribution in [3.05, 3.63) is 65.0 Å². The quantitative estimate of drug-likeness (QED) is 0.512.